The fraction of sp³-hybridized carbons (Fsp3) is 0.138. The van der Waals surface area contributed by atoms with Crippen LogP contribution in [0.2, 0.25) is 0 Å². The van der Waals surface area contributed by atoms with E-state index in [4.69, 9.17) is 4.74 Å². The topological polar surface area (TPSA) is 65.4 Å². The van der Waals surface area contributed by atoms with Crippen molar-refractivity contribution < 1.29 is 17.9 Å². The molecule has 0 atom stereocenters. The van der Waals surface area contributed by atoms with E-state index < -0.39 is 16.0 Å². The number of carbonyl (C=O) groups is 1. The molecule has 4 aromatic carbocycles. The summed E-state index contributed by atoms with van der Waals surface area (Å²) >= 11 is 0. The van der Waals surface area contributed by atoms with E-state index >= 15 is 0 Å². The summed E-state index contributed by atoms with van der Waals surface area (Å²) < 4.78 is 35.1. The number of aromatic nitrogens is 1. The molecule has 0 aliphatic heterocycles. The highest BCUT2D eigenvalue weighted by molar-refractivity contribution is 7.90. The Balaban J connectivity index is 2.02. The molecule has 0 bridgehead atoms. The van der Waals surface area contributed by atoms with Crippen LogP contribution in [0.25, 0.3) is 32.9 Å². The lowest BCUT2D eigenvalue weighted by atomic mass is 9.92. The summed E-state index contributed by atoms with van der Waals surface area (Å²) in [5, 5.41) is 1.56. The molecule has 176 valence electrons. The van der Waals surface area contributed by atoms with Crippen LogP contribution in [0.5, 0.6) is 0 Å². The van der Waals surface area contributed by atoms with Crippen molar-refractivity contribution in [3.63, 3.8) is 0 Å². The highest BCUT2D eigenvalue weighted by Crippen LogP contribution is 2.41. The Hall–Kier alpha value is -3.90. The Labute approximate surface area is 204 Å². The lowest BCUT2D eigenvalue weighted by molar-refractivity contribution is 0.0526. The van der Waals surface area contributed by atoms with E-state index in [0.717, 1.165) is 27.5 Å². The first-order chi connectivity index (χ1) is 16.8. The molecular formula is C29H25NO4S. The van der Waals surface area contributed by atoms with E-state index in [2.05, 4.69) is 0 Å². The van der Waals surface area contributed by atoms with Gasteiger partial charge in [-0.3, -0.25) is 0 Å². The van der Waals surface area contributed by atoms with Gasteiger partial charge in [-0.05, 0) is 56.2 Å². The first-order valence-corrected chi connectivity index (χ1v) is 12.9. The van der Waals surface area contributed by atoms with Crippen LogP contribution in [0.15, 0.2) is 89.8 Å². The number of aryl methyl sites for hydroxylation is 2. The number of carbonyl (C=O) groups excluding carboxylic acids is 1. The van der Waals surface area contributed by atoms with Crippen LogP contribution in [0.4, 0.5) is 0 Å². The third-order valence-corrected chi connectivity index (χ3v) is 7.94. The minimum absolute atomic E-state index is 0.183. The molecule has 5 aromatic rings. The maximum atomic E-state index is 14.2. The second-order valence-electron chi connectivity index (χ2n) is 8.53. The maximum absolute atomic E-state index is 14.2. The minimum Gasteiger partial charge on any atom is -0.462 e. The molecule has 1 heterocycles. The molecule has 6 heteroatoms. The summed E-state index contributed by atoms with van der Waals surface area (Å²) in [5.74, 6) is -0.477. The smallest absolute Gasteiger partial charge is 0.339 e. The summed E-state index contributed by atoms with van der Waals surface area (Å²) in [6, 6.07) is 25.5. The predicted molar refractivity (Wildman–Crippen MR) is 139 cm³/mol. The molecule has 0 saturated heterocycles. The average molecular weight is 484 g/mol. The van der Waals surface area contributed by atoms with Gasteiger partial charge < -0.3 is 4.74 Å². The molecule has 0 spiro atoms. The van der Waals surface area contributed by atoms with Crippen LogP contribution in [-0.2, 0) is 14.8 Å². The maximum Gasteiger partial charge on any atom is 0.339 e. The summed E-state index contributed by atoms with van der Waals surface area (Å²) in [5.41, 5.74) is 4.38. The first kappa shape index (κ1) is 22.9. The number of esters is 1. The molecule has 1 aromatic heterocycles. The molecule has 0 aliphatic rings. The lowest BCUT2D eigenvalue weighted by Gasteiger charge is -2.17. The zero-order valence-corrected chi connectivity index (χ0v) is 20.6. The van der Waals surface area contributed by atoms with Gasteiger partial charge in [0.15, 0.2) is 0 Å². The van der Waals surface area contributed by atoms with Crippen molar-refractivity contribution in [2.75, 3.05) is 6.61 Å². The molecule has 0 amide bonds. The van der Waals surface area contributed by atoms with E-state index in [1.54, 1.807) is 37.3 Å². The van der Waals surface area contributed by atoms with Crippen LogP contribution in [0, 0.1) is 13.8 Å². The Morgan fingerprint density at radius 2 is 1.51 bits per heavy atom. The Kier molecular flexibility index (Phi) is 5.69. The number of para-hydroxylation sites is 1. The number of hydrogen-bond donors (Lipinski definition) is 0. The minimum atomic E-state index is -4.00. The number of ether oxygens (including phenoxy) is 1. The highest BCUT2D eigenvalue weighted by atomic mass is 32.2. The molecule has 0 unspecified atom stereocenters. The number of benzene rings is 4. The summed E-state index contributed by atoms with van der Waals surface area (Å²) in [7, 11) is -4.00. The van der Waals surface area contributed by atoms with E-state index in [1.807, 2.05) is 68.4 Å². The van der Waals surface area contributed by atoms with Crippen LogP contribution >= 0.6 is 0 Å². The fourth-order valence-corrected chi connectivity index (χ4v) is 6.18. The molecule has 0 radical (unpaired) electrons. The SMILES string of the molecule is CCOC(=O)c1c(C)cc2c3ccccc3n(S(=O)(=O)c3ccc(C)cc3)c2c1-c1ccccc1. The van der Waals surface area contributed by atoms with Gasteiger partial charge in [-0.1, -0.05) is 66.2 Å². The van der Waals surface area contributed by atoms with Crippen LogP contribution in [-0.4, -0.2) is 25.0 Å². The van der Waals surface area contributed by atoms with E-state index in [-0.39, 0.29) is 11.5 Å². The molecule has 5 nitrogen and oxygen atoms in total. The van der Waals surface area contributed by atoms with Gasteiger partial charge in [0.1, 0.15) is 0 Å². The second-order valence-corrected chi connectivity index (χ2v) is 10.3. The number of hydrogen-bond acceptors (Lipinski definition) is 4. The van der Waals surface area contributed by atoms with Gasteiger partial charge in [-0.15, -0.1) is 0 Å². The Morgan fingerprint density at radius 1 is 0.857 bits per heavy atom. The van der Waals surface area contributed by atoms with Crippen molar-refractivity contribution >= 4 is 37.8 Å². The van der Waals surface area contributed by atoms with Gasteiger partial charge in [-0.2, -0.15) is 0 Å². The normalized spacial score (nSPS) is 11.7. The largest absolute Gasteiger partial charge is 0.462 e. The van der Waals surface area contributed by atoms with E-state index in [1.165, 1.54) is 3.97 Å². The fourth-order valence-electron chi connectivity index (χ4n) is 4.64. The monoisotopic (exact) mass is 483 g/mol. The summed E-state index contributed by atoms with van der Waals surface area (Å²) in [6.45, 7) is 5.75. The Bertz CT molecular complexity index is 1680. The van der Waals surface area contributed by atoms with E-state index in [0.29, 0.717) is 22.2 Å². The quantitative estimate of drug-likeness (QED) is 0.268. The third-order valence-electron chi connectivity index (χ3n) is 6.21. The van der Waals surface area contributed by atoms with Crippen molar-refractivity contribution in [2.24, 2.45) is 0 Å². The van der Waals surface area contributed by atoms with Gasteiger partial charge in [-0.25, -0.2) is 17.2 Å². The van der Waals surface area contributed by atoms with Gasteiger partial charge in [0, 0.05) is 16.3 Å². The molecule has 0 saturated carbocycles. The molecular weight excluding hydrogens is 458 g/mol. The van der Waals surface area contributed by atoms with Gasteiger partial charge in [0.25, 0.3) is 10.0 Å². The zero-order chi connectivity index (χ0) is 24.7. The summed E-state index contributed by atoms with van der Waals surface area (Å²) in [6.07, 6.45) is 0. The highest BCUT2D eigenvalue weighted by Gasteiger charge is 2.29. The molecule has 35 heavy (non-hydrogen) atoms. The first-order valence-electron chi connectivity index (χ1n) is 11.5. The second kappa shape index (κ2) is 8.71. The molecule has 0 fully saturated rings. The van der Waals surface area contributed by atoms with Gasteiger partial charge >= 0.3 is 5.97 Å². The number of fused-ring (bicyclic) bond motifs is 3. The predicted octanol–water partition coefficient (Wildman–Crippen LogP) is 6.49. The van der Waals surface area contributed by atoms with Crippen LogP contribution in [0.1, 0.15) is 28.4 Å². The van der Waals surface area contributed by atoms with Crippen LogP contribution in [0.3, 0.4) is 0 Å². The van der Waals surface area contributed by atoms with Gasteiger partial charge in [0.05, 0.1) is 28.1 Å². The molecule has 0 N–H and O–H groups in total. The average Bonchev–Trinajstić information content (AvgIpc) is 3.19. The Morgan fingerprint density at radius 3 is 2.20 bits per heavy atom. The van der Waals surface area contributed by atoms with Crippen molar-refractivity contribution in [1.29, 1.82) is 0 Å². The summed E-state index contributed by atoms with van der Waals surface area (Å²) in [4.78, 5) is 13.4. The lowest BCUT2D eigenvalue weighted by Crippen LogP contribution is -2.15. The van der Waals surface area contributed by atoms with Crippen molar-refractivity contribution in [3.05, 3.63) is 102 Å². The standard InChI is InChI=1S/C29H25NO4S/c1-4-34-29(31)26-20(3)18-24-23-12-8-9-13-25(23)30(28(24)27(26)21-10-6-5-7-11-21)35(32,33)22-16-14-19(2)15-17-22/h5-18H,4H2,1-3H3. The zero-order valence-electron chi connectivity index (χ0n) is 19.8. The van der Waals surface area contributed by atoms with Gasteiger partial charge in [0.2, 0.25) is 0 Å². The van der Waals surface area contributed by atoms with E-state index in [9.17, 15) is 13.2 Å². The number of nitrogens with zero attached hydrogens (tertiary/aromatic N) is 1. The van der Waals surface area contributed by atoms with Crippen molar-refractivity contribution in [3.8, 4) is 11.1 Å². The van der Waals surface area contributed by atoms with Crippen molar-refractivity contribution in [1.82, 2.24) is 3.97 Å². The molecule has 0 aliphatic carbocycles. The third kappa shape index (κ3) is 3.70. The molecule has 5 rings (SSSR count). The number of rotatable bonds is 5. The van der Waals surface area contributed by atoms with Crippen molar-refractivity contribution in [2.45, 2.75) is 25.7 Å². The van der Waals surface area contributed by atoms with Crippen LogP contribution < -0.4 is 0 Å².